The largest absolute Gasteiger partial charge is 0.393 e. The third kappa shape index (κ3) is 3.68. The lowest BCUT2D eigenvalue weighted by atomic mass is 9.78. The normalized spacial score (nSPS) is 35.3. The van der Waals surface area contributed by atoms with Crippen LogP contribution in [0.1, 0.15) is 52.9 Å². The molecular weight excluding hydrogens is 160 g/mol. The average Bonchev–Trinajstić information content (AvgIpc) is 2.07. The summed E-state index contributed by atoms with van der Waals surface area (Å²) in [4.78, 5) is 0. The molecule has 1 N–H and O–H groups in total. The number of aliphatic hydroxyl groups excluding tert-OH is 1. The Labute approximate surface area is 82.5 Å². The summed E-state index contributed by atoms with van der Waals surface area (Å²) in [5.74, 6) is 2.26. The maximum absolute atomic E-state index is 9.57. The fraction of sp³-hybridized carbons (Fsp3) is 1.00. The average molecular weight is 184 g/mol. The van der Waals surface area contributed by atoms with Crippen LogP contribution < -0.4 is 0 Å². The molecule has 0 aromatic rings. The minimum Gasteiger partial charge on any atom is -0.393 e. The highest BCUT2D eigenvalue weighted by Crippen LogP contribution is 2.32. The summed E-state index contributed by atoms with van der Waals surface area (Å²) in [6.07, 6.45) is 6.23. The van der Waals surface area contributed by atoms with Gasteiger partial charge >= 0.3 is 0 Å². The molecule has 1 nitrogen and oxygen atoms in total. The van der Waals surface area contributed by atoms with Crippen molar-refractivity contribution in [2.75, 3.05) is 0 Å². The zero-order valence-corrected chi connectivity index (χ0v) is 9.29. The topological polar surface area (TPSA) is 20.2 Å². The van der Waals surface area contributed by atoms with E-state index in [2.05, 4.69) is 20.8 Å². The fourth-order valence-electron chi connectivity index (χ4n) is 2.32. The van der Waals surface area contributed by atoms with Gasteiger partial charge in [-0.1, -0.05) is 33.6 Å². The second-order valence-electron chi connectivity index (χ2n) is 5.19. The molecule has 0 aliphatic heterocycles. The zero-order valence-electron chi connectivity index (χ0n) is 9.29. The summed E-state index contributed by atoms with van der Waals surface area (Å²) in [6, 6.07) is 0. The number of hydrogen-bond acceptors (Lipinski definition) is 1. The Kier molecular flexibility index (Phi) is 4.24. The Hall–Kier alpha value is -0.0400. The first-order chi connectivity index (χ1) is 6.09. The lowest BCUT2D eigenvalue weighted by Crippen LogP contribution is -2.27. The van der Waals surface area contributed by atoms with Gasteiger partial charge in [-0.3, -0.25) is 0 Å². The molecular formula is C12H24O. The molecule has 13 heavy (non-hydrogen) atoms. The van der Waals surface area contributed by atoms with Crippen molar-refractivity contribution < 1.29 is 5.11 Å². The molecule has 0 aromatic carbocycles. The summed E-state index contributed by atoms with van der Waals surface area (Å²) in [6.45, 7) is 6.77. The van der Waals surface area contributed by atoms with Crippen molar-refractivity contribution in [3.05, 3.63) is 0 Å². The smallest absolute Gasteiger partial charge is 0.0566 e. The van der Waals surface area contributed by atoms with Gasteiger partial charge in [0.25, 0.3) is 0 Å². The van der Waals surface area contributed by atoms with Gasteiger partial charge in [0.05, 0.1) is 6.10 Å². The Bertz CT molecular complexity index is 142. The van der Waals surface area contributed by atoms with Crippen LogP contribution in [0.4, 0.5) is 0 Å². The van der Waals surface area contributed by atoms with Crippen molar-refractivity contribution >= 4 is 0 Å². The monoisotopic (exact) mass is 184 g/mol. The van der Waals surface area contributed by atoms with Crippen molar-refractivity contribution in [1.29, 1.82) is 0 Å². The molecule has 3 atom stereocenters. The molecule has 1 rings (SSSR count). The first-order valence-corrected chi connectivity index (χ1v) is 5.77. The van der Waals surface area contributed by atoms with Gasteiger partial charge in [-0.25, -0.2) is 0 Å². The van der Waals surface area contributed by atoms with Crippen molar-refractivity contribution in [3.63, 3.8) is 0 Å². The summed E-state index contributed by atoms with van der Waals surface area (Å²) < 4.78 is 0. The molecule has 1 heteroatoms. The van der Waals surface area contributed by atoms with Gasteiger partial charge in [-0.05, 0) is 37.0 Å². The van der Waals surface area contributed by atoms with Gasteiger partial charge in [0, 0.05) is 0 Å². The van der Waals surface area contributed by atoms with Crippen LogP contribution in [-0.2, 0) is 0 Å². The molecule has 0 aromatic heterocycles. The van der Waals surface area contributed by atoms with E-state index in [0.29, 0.717) is 5.92 Å². The highest BCUT2D eigenvalue weighted by molar-refractivity contribution is 4.77. The van der Waals surface area contributed by atoms with E-state index in [1.54, 1.807) is 0 Å². The SMILES string of the molecule is CC(C)CCC1CCC(O)C(C)C1. The maximum Gasteiger partial charge on any atom is 0.0566 e. The van der Waals surface area contributed by atoms with Crippen LogP contribution in [0.25, 0.3) is 0 Å². The third-order valence-corrected chi connectivity index (χ3v) is 3.38. The highest BCUT2D eigenvalue weighted by atomic mass is 16.3. The lowest BCUT2D eigenvalue weighted by Gasteiger charge is -2.31. The van der Waals surface area contributed by atoms with E-state index in [1.165, 1.54) is 25.7 Å². The van der Waals surface area contributed by atoms with Crippen LogP contribution in [0.5, 0.6) is 0 Å². The molecule has 0 spiro atoms. The van der Waals surface area contributed by atoms with Gasteiger partial charge in [0.15, 0.2) is 0 Å². The molecule has 1 fully saturated rings. The second kappa shape index (κ2) is 4.99. The minimum atomic E-state index is -0.0182. The zero-order chi connectivity index (χ0) is 9.84. The van der Waals surface area contributed by atoms with Gasteiger partial charge in [0.1, 0.15) is 0 Å². The quantitative estimate of drug-likeness (QED) is 0.714. The first kappa shape index (κ1) is 11.0. The van der Waals surface area contributed by atoms with Crippen LogP contribution in [0.3, 0.4) is 0 Å². The van der Waals surface area contributed by atoms with E-state index in [0.717, 1.165) is 18.3 Å². The molecule has 78 valence electrons. The molecule has 3 unspecified atom stereocenters. The van der Waals surface area contributed by atoms with Crippen molar-refractivity contribution in [2.45, 2.75) is 59.0 Å². The minimum absolute atomic E-state index is 0.0182. The van der Waals surface area contributed by atoms with E-state index in [9.17, 15) is 5.11 Å². The van der Waals surface area contributed by atoms with E-state index in [4.69, 9.17) is 0 Å². The van der Waals surface area contributed by atoms with Crippen LogP contribution in [0.2, 0.25) is 0 Å². The second-order valence-corrected chi connectivity index (χ2v) is 5.19. The standard InChI is InChI=1S/C12H24O/c1-9(2)4-5-11-6-7-12(13)10(3)8-11/h9-13H,4-8H2,1-3H3. The van der Waals surface area contributed by atoms with E-state index >= 15 is 0 Å². The Morgan fingerprint density at radius 1 is 1.31 bits per heavy atom. The van der Waals surface area contributed by atoms with E-state index in [1.807, 2.05) is 0 Å². The molecule has 0 bridgehead atoms. The fourth-order valence-corrected chi connectivity index (χ4v) is 2.32. The lowest BCUT2D eigenvalue weighted by molar-refractivity contribution is 0.0542. The molecule has 1 aliphatic rings. The summed E-state index contributed by atoms with van der Waals surface area (Å²) >= 11 is 0. The molecule has 0 amide bonds. The predicted octanol–water partition coefficient (Wildman–Crippen LogP) is 3.22. The maximum atomic E-state index is 9.57. The molecule has 0 radical (unpaired) electrons. The molecule has 0 saturated heterocycles. The summed E-state index contributed by atoms with van der Waals surface area (Å²) in [7, 11) is 0. The van der Waals surface area contributed by atoms with E-state index < -0.39 is 0 Å². The van der Waals surface area contributed by atoms with Crippen molar-refractivity contribution in [3.8, 4) is 0 Å². The number of aliphatic hydroxyl groups is 1. The summed E-state index contributed by atoms with van der Waals surface area (Å²) in [5.41, 5.74) is 0. The Balaban J connectivity index is 2.21. The molecule has 1 saturated carbocycles. The van der Waals surface area contributed by atoms with Crippen LogP contribution >= 0.6 is 0 Å². The van der Waals surface area contributed by atoms with Crippen molar-refractivity contribution in [2.24, 2.45) is 17.8 Å². The first-order valence-electron chi connectivity index (χ1n) is 5.77. The Morgan fingerprint density at radius 2 is 2.00 bits per heavy atom. The number of hydrogen-bond donors (Lipinski definition) is 1. The van der Waals surface area contributed by atoms with E-state index in [-0.39, 0.29) is 6.10 Å². The third-order valence-electron chi connectivity index (χ3n) is 3.38. The van der Waals surface area contributed by atoms with Gasteiger partial charge in [-0.15, -0.1) is 0 Å². The van der Waals surface area contributed by atoms with Gasteiger partial charge in [0.2, 0.25) is 0 Å². The predicted molar refractivity (Wildman–Crippen MR) is 56.6 cm³/mol. The van der Waals surface area contributed by atoms with Gasteiger partial charge in [-0.2, -0.15) is 0 Å². The van der Waals surface area contributed by atoms with Crippen LogP contribution in [-0.4, -0.2) is 11.2 Å². The molecule has 1 aliphatic carbocycles. The van der Waals surface area contributed by atoms with Crippen molar-refractivity contribution in [1.82, 2.24) is 0 Å². The Morgan fingerprint density at radius 3 is 2.54 bits per heavy atom. The van der Waals surface area contributed by atoms with Gasteiger partial charge < -0.3 is 5.11 Å². The molecule has 0 heterocycles. The van der Waals surface area contributed by atoms with Crippen LogP contribution in [0, 0.1) is 17.8 Å². The highest BCUT2D eigenvalue weighted by Gasteiger charge is 2.25. The summed E-state index contributed by atoms with van der Waals surface area (Å²) in [5, 5.41) is 9.57. The van der Waals surface area contributed by atoms with Crippen LogP contribution in [0.15, 0.2) is 0 Å². The number of rotatable bonds is 3.